The van der Waals surface area contributed by atoms with Crippen molar-refractivity contribution < 1.29 is 23.9 Å². The first-order valence-electron chi connectivity index (χ1n) is 10.5. The monoisotopic (exact) mass is 441 g/mol. The highest BCUT2D eigenvalue weighted by Gasteiger charge is 2.46. The van der Waals surface area contributed by atoms with Gasteiger partial charge in [0.05, 0.1) is 26.0 Å². The van der Waals surface area contributed by atoms with E-state index in [-0.39, 0.29) is 30.0 Å². The van der Waals surface area contributed by atoms with E-state index in [1.54, 1.807) is 37.0 Å². The number of H-pyrrole nitrogens is 1. The Labute approximate surface area is 186 Å². The summed E-state index contributed by atoms with van der Waals surface area (Å²) in [7, 11) is 3.17. The van der Waals surface area contributed by atoms with Crippen LogP contribution in [0.5, 0.6) is 5.75 Å². The SMILES string of the molecule is COCCN1CCN2C(=O)[C@H](C)N(C(=O)c3cc(-c4ccc(OC)cc4)n[nH]3)C[C@H]2C1=O. The van der Waals surface area contributed by atoms with E-state index >= 15 is 0 Å². The third kappa shape index (κ3) is 3.93. The van der Waals surface area contributed by atoms with Crippen LogP contribution in [0.15, 0.2) is 30.3 Å². The van der Waals surface area contributed by atoms with Gasteiger partial charge in [0.1, 0.15) is 23.5 Å². The molecule has 0 saturated carbocycles. The second-order valence-corrected chi connectivity index (χ2v) is 7.89. The minimum Gasteiger partial charge on any atom is -0.497 e. The first kappa shape index (κ1) is 21.8. The summed E-state index contributed by atoms with van der Waals surface area (Å²) in [5.41, 5.74) is 1.70. The van der Waals surface area contributed by atoms with Crippen LogP contribution in [-0.4, -0.2) is 102 Å². The Kier molecular flexibility index (Phi) is 6.13. The van der Waals surface area contributed by atoms with Crippen LogP contribution in [-0.2, 0) is 14.3 Å². The number of hydrogen-bond acceptors (Lipinski definition) is 6. The Bertz CT molecular complexity index is 1000. The lowest BCUT2D eigenvalue weighted by atomic mass is 10.0. The molecule has 1 aromatic carbocycles. The molecule has 3 heterocycles. The number of benzene rings is 1. The summed E-state index contributed by atoms with van der Waals surface area (Å²) in [4.78, 5) is 43.9. The summed E-state index contributed by atoms with van der Waals surface area (Å²) in [6.45, 7) is 3.65. The molecule has 0 radical (unpaired) electrons. The lowest BCUT2D eigenvalue weighted by Gasteiger charge is -2.48. The number of rotatable bonds is 6. The van der Waals surface area contributed by atoms with Crippen LogP contribution >= 0.6 is 0 Å². The fourth-order valence-electron chi connectivity index (χ4n) is 4.17. The summed E-state index contributed by atoms with van der Waals surface area (Å²) in [5, 5.41) is 7.02. The molecule has 32 heavy (non-hydrogen) atoms. The van der Waals surface area contributed by atoms with Crippen LogP contribution in [0.25, 0.3) is 11.3 Å². The lowest BCUT2D eigenvalue weighted by Crippen LogP contribution is -2.70. The van der Waals surface area contributed by atoms with E-state index in [1.165, 1.54) is 4.90 Å². The zero-order valence-corrected chi connectivity index (χ0v) is 18.4. The van der Waals surface area contributed by atoms with Crippen LogP contribution in [0.1, 0.15) is 17.4 Å². The number of aromatic nitrogens is 2. The number of ether oxygens (including phenoxy) is 2. The molecule has 2 aliphatic rings. The van der Waals surface area contributed by atoms with E-state index in [2.05, 4.69) is 10.2 Å². The minimum atomic E-state index is -0.683. The highest BCUT2D eigenvalue weighted by molar-refractivity contribution is 6.00. The fourth-order valence-corrected chi connectivity index (χ4v) is 4.17. The summed E-state index contributed by atoms with van der Waals surface area (Å²) < 4.78 is 10.2. The van der Waals surface area contributed by atoms with Crippen molar-refractivity contribution in [3.05, 3.63) is 36.0 Å². The van der Waals surface area contributed by atoms with Crippen LogP contribution in [0.2, 0.25) is 0 Å². The number of amides is 3. The predicted molar refractivity (Wildman–Crippen MR) is 115 cm³/mol. The largest absolute Gasteiger partial charge is 0.497 e. The van der Waals surface area contributed by atoms with Crippen molar-refractivity contribution in [2.45, 2.75) is 19.0 Å². The van der Waals surface area contributed by atoms with Crippen molar-refractivity contribution in [1.29, 1.82) is 0 Å². The predicted octanol–water partition coefficient (Wildman–Crippen LogP) is 0.615. The van der Waals surface area contributed by atoms with Crippen LogP contribution in [0.3, 0.4) is 0 Å². The number of piperazine rings is 2. The van der Waals surface area contributed by atoms with Gasteiger partial charge < -0.3 is 24.2 Å². The number of carbonyl (C=O) groups excluding carboxylic acids is 3. The molecule has 2 saturated heterocycles. The fraction of sp³-hybridized carbons (Fsp3) is 0.455. The molecular formula is C22H27N5O5. The van der Waals surface area contributed by atoms with E-state index in [0.29, 0.717) is 31.9 Å². The number of nitrogens with zero attached hydrogens (tertiary/aromatic N) is 4. The third-order valence-electron chi connectivity index (χ3n) is 6.08. The number of fused-ring (bicyclic) bond motifs is 1. The van der Waals surface area contributed by atoms with Gasteiger partial charge in [-0.3, -0.25) is 19.5 Å². The molecule has 3 amide bonds. The van der Waals surface area contributed by atoms with Crippen LogP contribution < -0.4 is 4.74 Å². The molecule has 1 N–H and O–H groups in total. The van der Waals surface area contributed by atoms with Gasteiger partial charge in [0, 0.05) is 32.3 Å². The molecule has 10 heteroatoms. The van der Waals surface area contributed by atoms with E-state index < -0.39 is 12.1 Å². The molecule has 0 bridgehead atoms. The van der Waals surface area contributed by atoms with Gasteiger partial charge >= 0.3 is 0 Å². The number of nitrogens with one attached hydrogen (secondary N) is 1. The molecule has 2 fully saturated rings. The Balaban J connectivity index is 1.52. The van der Waals surface area contributed by atoms with Crippen molar-refractivity contribution in [3.63, 3.8) is 0 Å². The molecule has 10 nitrogen and oxygen atoms in total. The van der Waals surface area contributed by atoms with Gasteiger partial charge in [-0.05, 0) is 37.3 Å². The average molecular weight is 441 g/mol. The van der Waals surface area contributed by atoms with Crippen molar-refractivity contribution in [2.75, 3.05) is 47.0 Å². The van der Waals surface area contributed by atoms with E-state index in [0.717, 1.165) is 11.3 Å². The Morgan fingerprint density at radius 1 is 1.16 bits per heavy atom. The quantitative estimate of drug-likeness (QED) is 0.704. The van der Waals surface area contributed by atoms with Crippen molar-refractivity contribution in [2.24, 2.45) is 0 Å². The van der Waals surface area contributed by atoms with Gasteiger partial charge in [0.15, 0.2) is 0 Å². The molecule has 4 rings (SSSR count). The molecule has 0 aliphatic carbocycles. The van der Waals surface area contributed by atoms with Crippen LogP contribution in [0.4, 0.5) is 0 Å². The van der Waals surface area contributed by atoms with Gasteiger partial charge in [0.2, 0.25) is 11.8 Å². The topological polar surface area (TPSA) is 108 Å². The summed E-state index contributed by atoms with van der Waals surface area (Å²) >= 11 is 0. The van der Waals surface area contributed by atoms with Gasteiger partial charge in [-0.25, -0.2) is 0 Å². The second-order valence-electron chi connectivity index (χ2n) is 7.89. The van der Waals surface area contributed by atoms with E-state index in [1.807, 2.05) is 24.3 Å². The molecule has 1 aromatic heterocycles. The second kappa shape index (κ2) is 8.99. The maximum absolute atomic E-state index is 13.3. The highest BCUT2D eigenvalue weighted by atomic mass is 16.5. The zero-order chi connectivity index (χ0) is 22.8. The normalized spacial score (nSPS) is 21.0. The first-order chi connectivity index (χ1) is 15.4. The Hall–Kier alpha value is -3.40. The number of hydrogen-bond donors (Lipinski definition) is 1. The van der Waals surface area contributed by atoms with E-state index in [4.69, 9.17) is 9.47 Å². The molecule has 2 atom stereocenters. The molecule has 2 aromatic rings. The Morgan fingerprint density at radius 2 is 1.91 bits per heavy atom. The van der Waals surface area contributed by atoms with Crippen molar-refractivity contribution in [3.8, 4) is 17.0 Å². The summed E-state index contributed by atoms with van der Waals surface area (Å²) in [6, 6.07) is 7.64. The van der Waals surface area contributed by atoms with Crippen molar-refractivity contribution >= 4 is 17.7 Å². The average Bonchev–Trinajstić information content (AvgIpc) is 3.31. The molecule has 2 aliphatic heterocycles. The van der Waals surface area contributed by atoms with Crippen LogP contribution in [0, 0.1) is 0 Å². The maximum atomic E-state index is 13.3. The van der Waals surface area contributed by atoms with Crippen molar-refractivity contribution in [1.82, 2.24) is 24.9 Å². The first-order valence-corrected chi connectivity index (χ1v) is 10.5. The van der Waals surface area contributed by atoms with Gasteiger partial charge in [-0.1, -0.05) is 0 Å². The molecule has 0 unspecified atom stereocenters. The summed E-state index contributed by atoms with van der Waals surface area (Å²) in [5.74, 6) is -0.0128. The molecule has 0 spiro atoms. The highest BCUT2D eigenvalue weighted by Crippen LogP contribution is 2.25. The third-order valence-corrected chi connectivity index (χ3v) is 6.08. The molecule has 170 valence electrons. The number of aromatic amines is 1. The smallest absolute Gasteiger partial charge is 0.272 e. The van der Waals surface area contributed by atoms with Gasteiger partial charge in [-0.15, -0.1) is 0 Å². The standard InChI is InChI=1S/C22H27N5O5/c1-14-20(28)26-9-8-25(10-11-31-2)22(30)19(26)13-27(14)21(29)18-12-17(23-24-18)15-4-6-16(32-3)7-5-15/h4-7,12,14,19H,8-11,13H2,1-3H3,(H,23,24)/t14-,19-/m0/s1. The maximum Gasteiger partial charge on any atom is 0.272 e. The van der Waals surface area contributed by atoms with E-state index in [9.17, 15) is 14.4 Å². The minimum absolute atomic E-state index is 0.144. The lowest BCUT2D eigenvalue weighted by molar-refractivity contribution is -0.160. The number of methoxy groups -OCH3 is 2. The summed E-state index contributed by atoms with van der Waals surface area (Å²) in [6.07, 6.45) is 0. The number of carbonyl (C=O) groups is 3. The molecular weight excluding hydrogens is 414 g/mol. The van der Waals surface area contributed by atoms with Gasteiger partial charge in [-0.2, -0.15) is 5.10 Å². The zero-order valence-electron chi connectivity index (χ0n) is 18.4. The Morgan fingerprint density at radius 3 is 2.59 bits per heavy atom. The van der Waals surface area contributed by atoms with Gasteiger partial charge in [0.25, 0.3) is 5.91 Å².